The zero-order valence-corrected chi connectivity index (χ0v) is 27.2. The third-order valence-corrected chi connectivity index (χ3v) is 9.64. The molecule has 0 radical (unpaired) electrons. The van der Waals surface area contributed by atoms with E-state index in [9.17, 15) is 0 Å². The molecule has 0 amide bonds. The monoisotopic (exact) mass is 690 g/mol. The van der Waals surface area contributed by atoms with E-state index in [1.165, 1.54) is 99.4 Å². The van der Waals surface area contributed by atoms with Gasteiger partial charge in [0.05, 0.1) is 5.41 Å². The van der Waals surface area contributed by atoms with Crippen LogP contribution < -0.4 is 0 Å². The van der Waals surface area contributed by atoms with Crippen LogP contribution in [0.15, 0.2) is 89.4 Å². The molecule has 0 aromatic heterocycles. The van der Waals surface area contributed by atoms with E-state index in [1.54, 1.807) is 0 Å². The summed E-state index contributed by atoms with van der Waals surface area (Å²) in [6.07, 6.45) is 12.7. The lowest BCUT2D eigenvalue weighted by Crippen LogP contribution is -2.28. The molecule has 0 saturated carbocycles. The summed E-state index contributed by atoms with van der Waals surface area (Å²) in [5.74, 6) is 0. The van der Waals surface area contributed by atoms with Crippen LogP contribution in [-0.2, 0) is 18.3 Å². The van der Waals surface area contributed by atoms with E-state index in [1.807, 2.05) is 0 Å². The predicted molar refractivity (Wildman–Crippen MR) is 180 cm³/mol. The van der Waals surface area contributed by atoms with Crippen molar-refractivity contribution in [3.05, 3.63) is 126 Å². The van der Waals surface area contributed by atoms with E-state index in [0.29, 0.717) is 0 Å². The average Bonchev–Trinajstić information content (AvgIpc) is 3.23. The fraction of sp³-hybridized carbons (Fsp3) is 0.351. The SMILES string of the molecule is CCCCCCc1ccc(C2(c3ccc(CCCCCC)cc3)c3cc(Br)ccc3-c3ccc(I)cc32)cc1. The van der Waals surface area contributed by atoms with Crippen LogP contribution in [0.25, 0.3) is 11.1 Å². The number of unbranched alkanes of at least 4 members (excludes halogenated alkanes) is 6. The summed E-state index contributed by atoms with van der Waals surface area (Å²) in [5, 5.41) is 0. The molecule has 39 heavy (non-hydrogen) atoms. The molecule has 0 aliphatic heterocycles. The van der Waals surface area contributed by atoms with Crippen molar-refractivity contribution in [1.29, 1.82) is 0 Å². The summed E-state index contributed by atoms with van der Waals surface area (Å²) in [5.41, 5.74) is 10.7. The molecule has 0 unspecified atom stereocenters. The summed E-state index contributed by atoms with van der Waals surface area (Å²) >= 11 is 6.30. The fourth-order valence-electron chi connectivity index (χ4n) is 6.41. The van der Waals surface area contributed by atoms with Crippen LogP contribution in [0.1, 0.15) is 98.6 Å². The molecular weight excluding hydrogens is 651 g/mol. The van der Waals surface area contributed by atoms with Crippen LogP contribution in [0, 0.1) is 3.57 Å². The van der Waals surface area contributed by atoms with Gasteiger partial charge in [0.2, 0.25) is 0 Å². The van der Waals surface area contributed by atoms with Gasteiger partial charge in [0.25, 0.3) is 0 Å². The van der Waals surface area contributed by atoms with E-state index in [-0.39, 0.29) is 5.41 Å². The zero-order chi connectivity index (χ0) is 27.2. The first-order valence-electron chi connectivity index (χ1n) is 14.9. The lowest BCUT2D eigenvalue weighted by Gasteiger charge is -2.34. The maximum atomic E-state index is 3.82. The Hall–Kier alpha value is -1.91. The molecule has 4 aromatic rings. The summed E-state index contributed by atoms with van der Waals surface area (Å²) in [6.45, 7) is 4.56. The van der Waals surface area contributed by atoms with Gasteiger partial charge in [0, 0.05) is 8.04 Å². The molecule has 0 atom stereocenters. The van der Waals surface area contributed by atoms with Gasteiger partial charge in [-0.2, -0.15) is 0 Å². The van der Waals surface area contributed by atoms with E-state index in [2.05, 4.69) is 137 Å². The first-order chi connectivity index (χ1) is 19.1. The molecule has 5 rings (SSSR count). The van der Waals surface area contributed by atoms with Gasteiger partial charge in [0.1, 0.15) is 0 Å². The minimum atomic E-state index is -0.336. The lowest BCUT2D eigenvalue weighted by atomic mass is 9.67. The van der Waals surface area contributed by atoms with Crippen LogP contribution in [0.2, 0.25) is 0 Å². The number of hydrogen-bond acceptors (Lipinski definition) is 0. The van der Waals surface area contributed by atoms with E-state index < -0.39 is 0 Å². The first-order valence-corrected chi connectivity index (χ1v) is 16.7. The van der Waals surface area contributed by atoms with Gasteiger partial charge in [0.15, 0.2) is 0 Å². The second kappa shape index (κ2) is 13.2. The zero-order valence-electron chi connectivity index (χ0n) is 23.4. The Morgan fingerprint density at radius 1 is 0.564 bits per heavy atom. The molecule has 1 aliphatic carbocycles. The van der Waals surface area contributed by atoms with Crippen molar-refractivity contribution in [2.45, 2.75) is 83.5 Å². The highest BCUT2D eigenvalue weighted by Gasteiger charge is 2.46. The highest BCUT2D eigenvalue weighted by molar-refractivity contribution is 14.1. The van der Waals surface area contributed by atoms with Gasteiger partial charge in [-0.15, -0.1) is 0 Å². The second-order valence-electron chi connectivity index (χ2n) is 11.1. The molecule has 4 aromatic carbocycles. The van der Waals surface area contributed by atoms with Gasteiger partial charge in [-0.3, -0.25) is 0 Å². The topological polar surface area (TPSA) is 0 Å². The molecule has 0 spiro atoms. The second-order valence-corrected chi connectivity index (χ2v) is 13.3. The molecular formula is C37H40BrI. The molecule has 0 bridgehead atoms. The molecule has 0 nitrogen and oxygen atoms in total. The van der Waals surface area contributed by atoms with Crippen LogP contribution >= 0.6 is 38.5 Å². The molecule has 1 aliphatic rings. The third kappa shape index (κ3) is 5.93. The molecule has 202 valence electrons. The maximum Gasteiger partial charge on any atom is 0.0714 e. The summed E-state index contributed by atoms with van der Waals surface area (Å²) in [6, 6.07) is 33.0. The Bertz CT molecular complexity index is 1280. The van der Waals surface area contributed by atoms with Crippen molar-refractivity contribution >= 4 is 38.5 Å². The van der Waals surface area contributed by atoms with Gasteiger partial charge in [-0.05, 0) is 117 Å². The Morgan fingerprint density at radius 2 is 1.05 bits per heavy atom. The van der Waals surface area contributed by atoms with E-state index in [4.69, 9.17) is 0 Å². The normalized spacial score (nSPS) is 13.3. The standard InChI is InChI=1S/C37H40BrI/c1-3-5-7-9-11-27-13-17-29(18-14-27)37(30-19-15-28(16-20-30)12-10-8-6-4-2)35-25-31(38)21-23-33(35)34-24-22-32(39)26-36(34)37/h13-26H,3-12H2,1-2H3. The van der Waals surface area contributed by atoms with Crippen molar-refractivity contribution in [1.82, 2.24) is 0 Å². The van der Waals surface area contributed by atoms with Crippen molar-refractivity contribution in [2.24, 2.45) is 0 Å². The van der Waals surface area contributed by atoms with E-state index in [0.717, 1.165) is 17.3 Å². The van der Waals surface area contributed by atoms with Crippen molar-refractivity contribution < 1.29 is 0 Å². The smallest absolute Gasteiger partial charge is 0.0654 e. The minimum Gasteiger partial charge on any atom is -0.0654 e. The van der Waals surface area contributed by atoms with Crippen molar-refractivity contribution in [3.63, 3.8) is 0 Å². The van der Waals surface area contributed by atoms with Gasteiger partial charge >= 0.3 is 0 Å². The molecule has 0 fully saturated rings. The Labute approximate surface area is 257 Å². The summed E-state index contributed by atoms with van der Waals surface area (Å²) < 4.78 is 2.41. The fourth-order valence-corrected chi connectivity index (χ4v) is 7.26. The number of fused-ring (bicyclic) bond motifs is 3. The number of rotatable bonds is 12. The molecule has 0 saturated heterocycles. The van der Waals surface area contributed by atoms with Gasteiger partial charge in [-0.1, -0.05) is 129 Å². The Kier molecular flexibility index (Phi) is 9.66. The van der Waals surface area contributed by atoms with E-state index >= 15 is 0 Å². The minimum absolute atomic E-state index is 0.336. The number of benzene rings is 4. The van der Waals surface area contributed by atoms with Gasteiger partial charge < -0.3 is 0 Å². The molecule has 2 heteroatoms. The number of aryl methyl sites for hydroxylation is 2. The Morgan fingerprint density at radius 3 is 1.56 bits per heavy atom. The third-order valence-electron chi connectivity index (χ3n) is 8.47. The molecule has 0 N–H and O–H groups in total. The number of hydrogen-bond donors (Lipinski definition) is 0. The van der Waals surface area contributed by atoms with Crippen molar-refractivity contribution in [3.8, 4) is 11.1 Å². The quantitative estimate of drug-likeness (QED) is 0.0903. The lowest BCUT2D eigenvalue weighted by molar-refractivity contribution is 0.666. The first kappa shape index (κ1) is 28.6. The van der Waals surface area contributed by atoms with Crippen LogP contribution in [0.3, 0.4) is 0 Å². The summed E-state index contributed by atoms with van der Waals surface area (Å²) in [4.78, 5) is 0. The van der Waals surface area contributed by atoms with Crippen LogP contribution in [0.4, 0.5) is 0 Å². The highest BCUT2D eigenvalue weighted by Crippen LogP contribution is 2.56. The highest BCUT2D eigenvalue weighted by atomic mass is 127. The Balaban J connectivity index is 1.62. The number of halogens is 2. The average molecular weight is 692 g/mol. The summed E-state index contributed by atoms with van der Waals surface area (Å²) in [7, 11) is 0. The van der Waals surface area contributed by atoms with Crippen molar-refractivity contribution in [2.75, 3.05) is 0 Å². The largest absolute Gasteiger partial charge is 0.0714 e. The predicted octanol–water partition coefficient (Wildman–Crippen LogP) is 11.7. The van der Waals surface area contributed by atoms with Crippen LogP contribution in [0.5, 0.6) is 0 Å². The molecule has 0 heterocycles. The van der Waals surface area contributed by atoms with Gasteiger partial charge in [-0.25, -0.2) is 0 Å². The maximum absolute atomic E-state index is 3.82. The van der Waals surface area contributed by atoms with Crippen LogP contribution in [-0.4, -0.2) is 0 Å².